The molecular weight excluding hydrogens is 440 g/mol. The maximum atomic E-state index is 9.57. The Balaban J connectivity index is 1.37. The van der Waals surface area contributed by atoms with Crippen LogP contribution in [0.2, 0.25) is 6.82 Å². The minimum Gasteiger partial charge on any atom is -0.437 e. The first-order chi connectivity index (χ1) is 16.1. The number of ether oxygens (including phenoxy) is 1. The normalized spacial score (nSPS) is 38.9. The Morgan fingerprint density at radius 2 is 1.63 bits per heavy atom. The fourth-order valence-corrected chi connectivity index (χ4v) is 8.83. The van der Waals surface area contributed by atoms with E-state index < -0.39 is 7.05 Å². The first-order valence-electron chi connectivity index (χ1n) is 13.5. The van der Waals surface area contributed by atoms with E-state index in [0.29, 0.717) is 24.0 Å². The number of nitrogens with zero attached hydrogens (tertiary/aromatic N) is 2. The Bertz CT molecular complexity index is 944. The fraction of sp³-hybridized carbons (Fsp3) is 0.885. The average molecular weight is 485 g/mol. The zero-order valence-corrected chi connectivity index (χ0v) is 23.2. The molecule has 0 amide bonds. The van der Waals surface area contributed by atoms with Gasteiger partial charge in [-0.3, -0.25) is 4.68 Å². The summed E-state index contributed by atoms with van der Waals surface area (Å²) in [6.07, 6.45) is 9.08. The van der Waals surface area contributed by atoms with Crippen molar-refractivity contribution in [2.75, 3.05) is 13.2 Å². The van der Waals surface area contributed by atoms with Gasteiger partial charge in [-0.15, -0.1) is 0 Å². The lowest BCUT2D eigenvalue weighted by Crippen LogP contribution is -2.64. The molecule has 35 heavy (non-hydrogen) atoms. The number of nitrogens with one attached hydrogen (secondary N) is 1. The number of hydrogen-bond acceptors (Lipinski definition) is 6. The van der Waals surface area contributed by atoms with Crippen molar-refractivity contribution >= 4 is 19.6 Å². The number of rotatable bonds is 8. The monoisotopic (exact) mass is 485 g/mol. The number of hydrogen-bond donors (Lipinski definition) is 2. The van der Waals surface area contributed by atoms with Gasteiger partial charge in [0.1, 0.15) is 0 Å². The topological polar surface area (TPSA) is 77.8 Å². The molecule has 4 aliphatic carbocycles. The SMILES string of the molecule is CB(O)NCCOC12CC3(C)CC(C)(CC(Cn4ncc(B5OC(C)(C)C(C)(C)O5)c4C)(C3)C1)C2. The Kier molecular flexibility index (Phi) is 5.94. The second-order valence-electron chi connectivity index (χ2n) is 14.3. The maximum Gasteiger partial charge on any atom is 0.498 e. The summed E-state index contributed by atoms with van der Waals surface area (Å²) in [5, 5.41) is 17.5. The highest BCUT2D eigenvalue weighted by Crippen LogP contribution is 2.72. The van der Waals surface area contributed by atoms with Crippen LogP contribution in [-0.2, 0) is 20.6 Å². The summed E-state index contributed by atoms with van der Waals surface area (Å²) in [4.78, 5) is 0. The molecule has 2 heterocycles. The van der Waals surface area contributed by atoms with Crippen LogP contribution < -0.4 is 10.7 Å². The van der Waals surface area contributed by atoms with Gasteiger partial charge in [-0.1, -0.05) is 13.8 Å². The van der Waals surface area contributed by atoms with Gasteiger partial charge in [0.05, 0.1) is 23.4 Å². The molecule has 1 saturated heterocycles. The Hall–Kier alpha value is -0.860. The molecule has 1 aliphatic heterocycles. The summed E-state index contributed by atoms with van der Waals surface area (Å²) in [5.41, 5.74) is 2.18. The van der Waals surface area contributed by atoms with Crippen LogP contribution in [0.5, 0.6) is 0 Å². The molecule has 0 aromatic carbocycles. The van der Waals surface area contributed by atoms with E-state index in [2.05, 4.69) is 58.4 Å². The van der Waals surface area contributed by atoms with Crippen LogP contribution in [0, 0.1) is 23.2 Å². The highest BCUT2D eigenvalue weighted by atomic mass is 16.7. The third kappa shape index (κ3) is 4.54. The van der Waals surface area contributed by atoms with Crippen molar-refractivity contribution < 1.29 is 19.1 Å². The zero-order valence-electron chi connectivity index (χ0n) is 23.2. The van der Waals surface area contributed by atoms with Gasteiger partial charge in [0.25, 0.3) is 0 Å². The summed E-state index contributed by atoms with van der Waals surface area (Å²) in [6, 6.07) is 0. The van der Waals surface area contributed by atoms with Crippen LogP contribution in [0.15, 0.2) is 6.20 Å². The van der Waals surface area contributed by atoms with Crippen molar-refractivity contribution in [1.82, 2.24) is 15.0 Å². The van der Waals surface area contributed by atoms with E-state index in [1.807, 2.05) is 6.20 Å². The van der Waals surface area contributed by atoms with Crippen molar-refractivity contribution in [2.24, 2.45) is 16.2 Å². The molecule has 9 heteroatoms. The Morgan fingerprint density at radius 1 is 1.03 bits per heavy atom. The van der Waals surface area contributed by atoms with Gasteiger partial charge in [-0.2, -0.15) is 5.10 Å². The van der Waals surface area contributed by atoms with E-state index in [1.54, 1.807) is 6.82 Å². The van der Waals surface area contributed by atoms with Crippen LogP contribution in [-0.4, -0.2) is 58.9 Å². The fourth-order valence-electron chi connectivity index (χ4n) is 8.83. The predicted molar refractivity (Wildman–Crippen MR) is 140 cm³/mol. The van der Waals surface area contributed by atoms with Crippen molar-refractivity contribution in [2.45, 2.75) is 117 Å². The van der Waals surface area contributed by atoms with Crippen LogP contribution in [0.4, 0.5) is 0 Å². The first kappa shape index (κ1) is 25.8. The third-order valence-corrected chi connectivity index (χ3v) is 9.74. The maximum absolute atomic E-state index is 9.57. The van der Waals surface area contributed by atoms with Gasteiger partial charge in [0.2, 0.25) is 0 Å². The third-order valence-electron chi connectivity index (χ3n) is 9.74. The van der Waals surface area contributed by atoms with Crippen LogP contribution in [0.25, 0.3) is 0 Å². The number of aromatic nitrogens is 2. The molecule has 7 nitrogen and oxygen atoms in total. The zero-order chi connectivity index (χ0) is 25.5. The highest BCUT2D eigenvalue weighted by molar-refractivity contribution is 6.62. The van der Waals surface area contributed by atoms with Crippen LogP contribution in [0.1, 0.15) is 85.8 Å². The molecule has 1 aromatic heterocycles. The van der Waals surface area contributed by atoms with Crippen molar-refractivity contribution in [3.8, 4) is 0 Å². The van der Waals surface area contributed by atoms with Crippen molar-refractivity contribution in [3.63, 3.8) is 0 Å². The molecule has 1 aromatic rings. The predicted octanol–water partition coefficient (Wildman–Crippen LogP) is 3.33. The van der Waals surface area contributed by atoms with Gasteiger partial charge >= 0.3 is 14.2 Å². The molecule has 6 rings (SSSR count). The van der Waals surface area contributed by atoms with Crippen LogP contribution in [0.3, 0.4) is 0 Å². The minimum absolute atomic E-state index is 0.0752. The summed E-state index contributed by atoms with van der Waals surface area (Å²) < 4.78 is 21.6. The van der Waals surface area contributed by atoms with Gasteiger partial charge in [0, 0.05) is 30.4 Å². The molecule has 0 radical (unpaired) electrons. The standard InChI is InChI=1S/C26H45B2N3O4/c1-19-20(28-34-21(2,3)22(4,5)35-28)11-30-31(19)18-25-13-23(6)12-24(7,14-25)16-26(15-23,17-25)33-10-9-29-27(8)32/h11,29,32H,9-10,12-18H2,1-8H3. The highest BCUT2D eigenvalue weighted by Gasteiger charge is 2.66. The smallest absolute Gasteiger partial charge is 0.437 e. The molecule has 2 atom stereocenters. The van der Waals surface area contributed by atoms with Crippen molar-refractivity contribution in [3.05, 3.63) is 11.9 Å². The van der Waals surface area contributed by atoms with Gasteiger partial charge < -0.3 is 24.3 Å². The molecule has 2 unspecified atom stereocenters. The summed E-state index contributed by atoms with van der Waals surface area (Å²) >= 11 is 0. The molecular formula is C26H45B2N3O4. The van der Waals surface area contributed by atoms with E-state index in [1.165, 1.54) is 19.3 Å². The molecule has 5 fully saturated rings. The Labute approximate surface area is 212 Å². The van der Waals surface area contributed by atoms with E-state index in [0.717, 1.165) is 37.0 Å². The first-order valence-corrected chi connectivity index (χ1v) is 13.5. The molecule has 5 aliphatic rings. The summed E-state index contributed by atoms with van der Waals surface area (Å²) in [6.45, 7) is 19.5. The van der Waals surface area contributed by atoms with Gasteiger partial charge in [-0.25, -0.2) is 0 Å². The second kappa shape index (κ2) is 8.07. The molecule has 2 N–H and O–H groups in total. The molecule has 0 spiro atoms. The quantitative estimate of drug-likeness (QED) is 0.435. The minimum atomic E-state index is -0.502. The summed E-state index contributed by atoms with van der Waals surface area (Å²) in [7, 11) is -0.881. The molecule has 194 valence electrons. The lowest BCUT2D eigenvalue weighted by Gasteiger charge is -2.69. The Morgan fingerprint density at radius 3 is 2.20 bits per heavy atom. The second-order valence-corrected chi connectivity index (χ2v) is 14.3. The average Bonchev–Trinajstić information content (AvgIpc) is 3.11. The van der Waals surface area contributed by atoms with E-state index in [9.17, 15) is 5.02 Å². The van der Waals surface area contributed by atoms with Gasteiger partial charge in [-0.05, 0) is 96.2 Å². The van der Waals surface area contributed by atoms with Gasteiger partial charge in [0.15, 0.2) is 0 Å². The lowest BCUT2D eigenvalue weighted by atomic mass is 9.39. The molecule has 4 saturated carbocycles. The molecule has 4 bridgehead atoms. The van der Waals surface area contributed by atoms with Crippen LogP contribution >= 0.6 is 0 Å². The van der Waals surface area contributed by atoms with E-state index in [4.69, 9.17) is 19.1 Å². The largest absolute Gasteiger partial charge is 0.498 e. The van der Waals surface area contributed by atoms with Crippen molar-refractivity contribution in [1.29, 1.82) is 0 Å². The lowest BCUT2D eigenvalue weighted by molar-refractivity contribution is -0.247. The van der Waals surface area contributed by atoms with E-state index in [-0.39, 0.29) is 29.3 Å². The van der Waals surface area contributed by atoms with E-state index >= 15 is 0 Å². The summed E-state index contributed by atoms with van der Waals surface area (Å²) in [5.74, 6) is 0.